The van der Waals surface area contributed by atoms with E-state index in [1.807, 2.05) is 7.05 Å². The van der Waals surface area contributed by atoms with Crippen LogP contribution in [-0.2, 0) is 6.54 Å². The molecule has 0 heterocycles. The number of benzene rings is 1. The molecule has 124 valence electrons. The average molecular weight is 416 g/mol. The smallest absolute Gasteiger partial charge is 0.191 e. The van der Waals surface area contributed by atoms with Crippen molar-refractivity contribution in [2.24, 2.45) is 4.99 Å². The van der Waals surface area contributed by atoms with Gasteiger partial charge in [-0.1, -0.05) is 36.8 Å². The van der Waals surface area contributed by atoms with Crippen LogP contribution in [0.1, 0.15) is 30.9 Å². The Morgan fingerprint density at radius 1 is 1.23 bits per heavy atom. The van der Waals surface area contributed by atoms with Crippen LogP contribution in [0.3, 0.4) is 0 Å². The molecule has 1 aromatic rings. The van der Waals surface area contributed by atoms with E-state index < -0.39 is 0 Å². The Hall–Kier alpha value is -0.820. The molecule has 0 amide bonds. The first kappa shape index (κ1) is 19.2. The van der Waals surface area contributed by atoms with Gasteiger partial charge in [0, 0.05) is 32.7 Å². The lowest BCUT2D eigenvalue weighted by molar-refractivity contribution is 0.282. The van der Waals surface area contributed by atoms with Gasteiger partial charge < -0.3 is 10.6 Å². The van der Waals surface area contributed by atoms with Gasteiger partial charge in [-0.2, -0.15) is 0 Å². The largest absolute Gasteiger partial charge is 0.355 e. The van der Waals surface area contributed by atoms with E-state index in [9.17, 15) is 0 Å². The number of guanidine groups is 1. The van der Waals surface area contributed by atoms with E-state index in [1.54, 1.807) is 0 Å². The van der Waals surface area contributed by atoms with E-state index in [1.165, 1.54) is 24.0 Å². The van der Waals surface area contributed by atoms with E-state index in [0.717, 1.165) is 38.2 Å². The summed E-state index contributed by atoms with van der Waals surface area (Å²) in [7, 11) is 1.82. The summed E-state index contributed by atoms with van der Waals surface area (Å²) in [5, 5.41) is 6.76. The molecule has 0 spiro atoms. The first-order valence-electron chi connectivity index (χ1n) is 7.97. The minimum atomic E-state index is 0. The predicted octanol–water partition coefficient (Wildman–Crippen LogP) is 2.76. The Labute approximate surface area is 151 Å². The van der Waals surface area contributed by atoms with Crippen molar-refractivity contribution in [2.75, 3.05) is 26.7 Å². The number of hydrogen-bond acceptors (Lipinski definition) is 2. The van der Waals surface area contributed by atoms with Gasteiger partial charge in [0.15, 0.2) is 5.96 Å². The van der Waals surface area contributed by atoms with Crippen molar-refractivity contribution in [3.63, 3.8) is 0 Å². The van der Waals surface area contributed by atoms with Crippen LogP contribution in [0.25, 0.3) is 0 Å². The highest BCUT2D eigenvalue weighted by Gasteiger charge is 2.27. The predicted molar refractivity (Wildman–Crippen MR) is 105 cm³/mol. The van der Waals surface area contributed by atoms with E-state index in [4.69, 9.17) is 0 Å². The van der Waals surface area contributed by atoms with Crippen LogP contribution in [0.15, 0.2) is 29.3 Å². The van der Waals surface area contributed by atoms with Crippen molar-refractivity contribution in [2.45, 2.75) is 39.3 Å². The molecule has 1 aliphatic carbocycles. The third-order valence-electron chi connectivity index (χ3n) is 3.97. The topological polar surface area (TPSA) is 39.7 Å². The third kappa shape index (κ3) is 6.52. The molecular formula is C17H29IN4. The summed E-state index contributed by atoms with van der Waals surface area (Å²) >= 11 is 0. The molecule has 2 N–H and O–H groups in total. The summed E-state index contributed by atoms with van der Waals surface area (Å²) in [6.07, 6.45) is 2.74. The molecule has 0 saturated heterocycles. The Morgan fingerprint density at radius 2 is 1.91 bits per heavy atom. The zero-order valence-electron chi connectivity index (χ0n) is 13.9. The van der Waals surface area contributed by atoms with Crippen molar-refractivity contribution in [3.05, 3.63) is 35.4 Å². The van der Waals surface area contributed by atoms with E-state index in [-0.39, 0.29) is 24.0 Å². The molecule has 22 heavy (non-hydrogen) atoms. The Bertz CT molecular complexity index is 454. The summed E-state index contributed by atoms with van der Waals surface area (Å²) in [5.41, 5.74) is 2.57. The highest BCUT2D eigenvalue weighted by atomic mass is 127. The summed E-state index contributed by atoms with van der Waals surface area (Å²) in [6.45, 7) is 8.33. The van der Waals surface area contributed by atoms with Gasteiger partial charge in [-0.15, -0.1) is 24.0 Å². The van der Waals surface area contributed by atoms with Crippen LogP contribution in [0.5, 0.6) is 0 Å². The lowest BCUT2D eigenvalue weighted by atomic mass is 10.1. The van der Waals surface area contributed by atoms with Crippen LogP contribution < -0.4 is 10.6 Å². The second kappa shape index (κ2) is 10.0. The molecular weight excluding hydrogens is 387 g/mol. The van der Waals surface area contributed by atoms with Gasteiger partial charge in [0.05, 0.1) is 0 Å². The van der Waals surface area contributed by atoms with Crippen LogP contribution in [0.2, 0.25) is 0 Å². The zero-order valence-corrected chi connectivity index (χ0v) is 16.3. The molecule has 1 fully saturated rings. The number of likely N-dealkylation sites (N-methyl/N-ethyl adjacent to an activating group) is 1. The molecule has 4 nitrogen and oxygen atoms in total. The quantitative estimate of drug-likeness (QED) is 0.408. The van der Waals surface area contributed by atoms with Crippen LogP contribution in [-0.4, -0.2) is 43.6 Å². The van der Waals surface area contributed by atoms with Gasteiger partial charge in [-0.05, 0) is 31.9 Å². The van der Waals surface area contributed by atoms with Crippen LogP contribution in [0.4, 0.5) is 0 Å². The minimum absolute atomic E-state index is 0. The third-order valence-corrected chi connectivity index (χ3v) is 3.97. The number of aliphatic imine (C=N–C) groups is 1. The van der Waals surface area contributed by atoms with Gasteiger partial charge in [0.2, 0.25) is 0 Å². The minimum Gasteiger partial charge on any atom is -0.355 e. The summed E-state index contributed by atoms with van der Waals surface area (Å²) in [4.78, 5) is 6.82. The van der Waals surface area contributed by atoms with Gasteiger partial charge in [-0.25, -0.2) is 0 Å². The van der Waals surface area contributed by atoms with E-state index in [0.29, 0.717) is 0 Å². The fraction of sp³-hybridized carbons (Fsp3) is 0.588. The van der Waals surface area contributed by atoms with Gasteiger partial charge in [0.25, 0.3) is 0 Å². The lowest BCUT2D eigenvalue weighted by Gasteiger charge is -2.20. The average Bonchev–Trinajstić information content (AvgIpc) is 3.33. The van der Waals surface area contributed by atoms with Crippen molar-refractivity contribution >= 4 is 29.9 Å². The number of hydrogen-bond donors (Lipinski definition) is 2. The van der Waals surface area contributed by atoms with Gasteiger partial charge in [-0.3, -0.25) is 9.89 Å². The van der Waals surface area contributed by atoms with Crippen molar-refractivity contribution in [3.8, 4) is 0 Å². The molecule has 0 aromatic heterocycles. The molecule has 1 aromatic carbocycles. The second-order valence-corrected chi connectivity index (χ2v) is 5.70. The Balaban J connectivity index is 0.00000242. The van der Waals surface area contributed by atoms with Crippen LogP contribution >= 0.6 is 24.0 Å². The molecule has 0 unspecified atom stereocenters. The maximum Gasteiger partial charge on any atom is 0.191 e. The SMILES string of the molecule is CCN(CCNC(=NC)NCc1ccc(C)cc1)C1CC1.I. The summed E-state index contributed by atoms with van der Waals surface area (Å²) in [5.74, 6) is 0.877. The fourth-order valence-electron chi connectivity index (χ4n) is 2.47. The Kier molecular flexibility index (Phi) is 8.78. The number of nitrogens with one attached hydrogen (secondary N) is 2. The molecule has 0 atom stereocenters. The molecule has 0 radical (unpaired) electrons. The summed E-state index contributed by atoms with van der Waals surface area (Å²) < 4.78 is 0. The number of rotatable bonds is 7. The summed E-state index contributed by atoms with van der Waals surface area (Å²) in [6, 6.07) is 9.42. The van der Waals surface area contributed by atoms with Gasteiger partial charge >= 0.3 is 0 Å². The molecule has 1 saturated carbocycles. The fourth-order valence-corrected chi connectivity index (χ4v) is 2.47. The second-order valence-electron chi connectivity index (χ2n) is 5.70. The first-order chi connectivity index (χ1) is 10.2. The van der Waals surface area contributed by atoms with E-state index in [2.05, 4.69) is 58.6 Å². The first-order valence-corrected chi connectivity index (χ1v) is 7.97. The normalized spacial score (nSPS) is 14.6. The number of nitrogens with zero attached hydrogens (tertiary/aromatic N) is 2. The highest BCUT2D eigenvalue weighted by molar-refractivity contribution is 14.0. The van der Waals surface area contributed by atoms with E-state index >= 15 is 0 Å². The number of aryl methyl sites for hydroxylation is 1. The zero-order chi connectivity index (χ0) is 15.1. The maximum atomic E-state index is 4.28. The van der Waals surface area contributed by atoms with Crippen molar-refractivity contribution in [1.29, 1.82) is 0 Å². The highest BCUT2D eigenvalue weighted by Crippen LogP contribution is 2.25. The Morgan fingerprint density at radius 3 is 2.45 bits per heavy atom. The monoisotopic (exact) mass is 416 g/mol. The van der Waals surface area contributed by atoms with Crippen molar-refractivity contribution < 1.29 is 0 Å². The van der Waals surface area contributed by atoms with Crippen molar-refractivity contribution in [1.82, 2.24) is 15.5 Å². The molecule has 5 heteroatoms. The van der Waals surface area contributed by atoms with Crippen LogP contribution in [0, 0.1) is 6.92 Å². The maximum absolute atomic E-state index is 4.28. The molecule has 1 aliphatic rings. The number of halogens is 1. The molecule has 2 rings (SSSR count). The molecule has 0 bridgehead atoms. The van der Waals surface area contributed by atoms with Gasteiger partial charge in [0.1, 0.15) is 0 Å². The standard InChI is InChI=1S/C17H28N4.HI/c1-4-21(16-9-10-16)12-11-19-17(18-3)20-13-15-7-5-14(2)6-8-15;/h5-8,16H,4,9-13H2,1-3H3,(H2,18,19,20);1H. The lowest BCUT2D eigenvalue weighted by Crippen LogP contribution is -2.41. The molecule has 0 aliphatic heterocycles.